The Labute approximate surface area is 509 Å². The maximum Gasteiger partial charge on any atom is 0.738 e. The van der Waals surface area contributed by atoms with Gasteiger partial charge in [-0.05, 0) is 147 Å². The van der Waals surface area contributed by atoms with E-state index in [9.17, 15) is 0 Å². The molecule has 6 aliphatic rings. The molecule has 0 saturated carbocycles. The fourth-order valence-corrected chi connectivity index (χ4v) is 14.4. The molecule has 10 nitrogen and oxygen atoms in total. The van der Waals surface area contributed by atoms with E-state index in [1.807, 2.05) is 198 Å². The molecule has 4 aromatic carbocycles. The molecule has 0 fully saturated rings. The Kier molecular flexibility index (Phi) is 10.8. The first-order chi connectivity index (χ1) is 43.7. The molecule has 0 unspecified atom stereocenters. The number of nitrogens with zero attached hydrogens (tertiary/aromatic N) is 4. The molecular formula is C74H52B2F4N8O2. The summed E-state index contributed by atoms with van der Waals surface area (Å²) in [7, 11) is 0. The summed E-state index contributed by atoms with van der Waals surface area (Å²) < 4.78 is 94.6. The van der Waals surface area contributed by atoms with Crippen molar-refractivity contribution in [3.05, 3.63) is 350 Å². The van der Waals surface area contributed by atoms with Crippen molar-refractivity contribution in [2.24, 2.45) is 0 Å². The Balaban J connectivity index is 1.01. The molecule has 16 heteroatoms. The largest absolute Gasteiger partial charge is 0.738 e. The van der Waals surface area contributed by atoms with E-state index >= 15 is 17.3 Å². The quantitative estimate of drug-likeness (QED) is 0.103. The minimum atomic E-state index is -4.77. The van der Waals surface area contributed by atoms with Crippen LogP contribution in [-0.4, -0.2) is 63.2 Å². The number of halogens is 4. The van der Waals surface area contributed by atoms with Crippen molar-refractivity contribution in [3.8, 4) is 0 Å². The molecule has 0 aliphatic carbocycles. The summed E-state index contributed by atoms with van der Waals surface area (Å²) in [5, 5.41) is 4.93. The van der Waals surface area contributed by atoms with Gasteiger partial charge in [-0.15, -0.1) is 0 Å². The van der Waals surface area contributed by atoms with Crippen LogP contribution in [0, 0.1) is 49.1 Å². The van der Waals surface area contributed by atoms with Gasteiger partial charge >= 0.3 is 13.9 Å². The number of H-pyrrole nitrogens is 4. The highest BCUT2D eigenvalue weighted by molar-refractivity contribution is 6.64. The zero-order valence-electron chi connectivity index (χ0n) is 49.1. The summed E-state index contributed by atoms with van der Waals surface area (Å²) in [5.74, 6) is 2.29. The molecule has 0 radical (unpaired) electrons. The normalized spacial score (nSPS) is 16.5. The lowest BCUT2D eigenvalue weighted by Gasteiger charge is -2.32. The molecule has 90 heavy (non-hydrogen) atoms. The van der Waals surface area contributed by atoms with Crippen LogP contribution in [0.3, 0.4) is 0 Å². The number of furan rings is 2. The van der Waals surface area contributed by atoms with Gasteiger partial charge in [0, 0.05) is 68.0 Å². The van der Waals surface area contributed by atoms with E-state index in [1.54, 1.807) is 48.6 Å². The van der Waals surface area contributed by atoms with E-state index in [2.05, 4.69) is 19.9 Å². The Morgan fingerprint density at radius 1 is 0.289 bits per heavy atom. The molecular weight excluding hydrogens is 1130 g/mol. The molecule has 6 aliphatic heterocycles. The van der Waals surface area contributed by atoms with Gasteiger partial charge in [0.15, 0.2) is 22.8 Å². The third kappa shape index (κ3) is 7.47. The molecule has 434 valence electrons. The minimum absolute atomic E-state index is 0.152. The first kappa shape index (κ1) is 51.9. The Morgan fingerprint density at radius 3 is 0.867 bits per heavy atom. The van der Waals surface area contributed by atoms with Gasteiger partial charge < -0.3 is 64.0 Å². The average molecular weight is 1180 g/mol. The van der Waals surface area contributed by atoms with Crippen LogP contribution in [0.5, 0.6) is 0 Å². The third-order valence-electron chi connectivity index (χ3n) is 18.7. The molecule has 0 atom stereocenters. The number of allylic oxidation sites excluding steroid dienone is 2. The first-order valence-corrected chi connectivity index (χ1v) is 30.2. The van der Waals surface area contributed by atoms with Gasteiger partial charge in [0.2, 0.25) is 0 Å². The van der Waals surface area contributed by atoms with E-state index in [0.29, 0.717) is 77.0 Å². The second-order valence-corrected chi connectivity index (χ2v) is 24.3. The van der Waals surface area contributed by atoms with Crippen LogP contribution in [0.1, 0.15) is 67.5 Å². The van der Waals surface area contributed by atoms with Crippen LogP contribution in [0.25, 0.3) is 44.8 Å². The topological polar surface area (TPSA) is 105 Å². The van der Waals surface area contributed by atoms with Crippen molar-refractivity contribution in [3.63, 3.8) is 0 Å². The second-order valence-electron chi connectivity index (χ2n) is 24.3. The zero-order chi connectivity index (χ0) is 60.6. The monoisotopic (exact) mass is 1180 g/mol. The molecule has 0 spiro atoms. The van der Waals surface area contributed by atoms with E-state index in [0.717, 1.165) is 84.7 Å². The molecule has 0 amide bonds. The molecule has 4 N–H and O–H groups in total. The number of hydrogen-bond donors (Lipinski definition) is 4. The standard InChI is InChI=1S/C74H52B2F4N8O2/c1-41-5-13-45(14-6-41)69-53-25-21-49(81-53)57-29-33-61-73(62-34-30-58(86(62)75(77,78)85(57)61)50-22-26-54(82-50)70(66-38-37-65(69)89-66)46-15-7-42(2)8-16-46)74-63-35-31-59-51-23-27-55(83-51)71(47-17-9-43(3)10-18-47)67-39-40-68(90-67)72(48-19-11-44(4)12-20-48)56-28-24-52(84-56)60-32-36-64(74)88(60)76(79,80)87(59)63/h5-40,81-84H,1-4H3. The molecule has 8 aromatic heterocycles. The minimum Gasteiger partial charge on any atom is -0.456 e. The molecule has 0 saturated heterocycles. The Hall–Kier alpha value is -11.3. The lowest BCUT2D eigenvalue weighted by molar-refractivity contribution is -0.319. The predicted molar refractivity (Wildman–Crippen MR) is 342 cm³/mol. The average Bonchev–Trinajstić information content (AvgIpc) is 1.47. The van der Waals surface area contributed by atoms with Crippen molar-refractivity contribution >= 4 is 70.2 Å². The predicted octanol–water partition coefficient (Wildman–Crippen LogP) is 8.35. The molecule has 18 rings (SSSR count). The molecule has 12 aromatic rings. The summed E-state index contributed by atoms with van der Waals surface area (Å²) in [6, 6.07) is 62.1. The van der Waals surface area contributed by atoms with Crippen LogP contribution in [0.15, 0.2) is 227 Å². The fraction of sp³-hybridized carbons (Fsp3) is 0.0541. The highest BCUT2D eigenvalue weighted by Crippen LogP contribution is 2.37. The number of rotatable bonds is 5. The SMILES string of the molecule is Cc1ccc(C2=c3ccc([nH]3)=C3C=CC4=[N+]3[B-](F)(F)n3c(ccc3=c3ccc([nH]3)=C(c3ccc(C)cc3)c3ccc2o3)=C4C2=c3ccc4n3[B-](F)(F)[N+]3=C2C=CC3=c2ccc([nH]2)=C(c2ccc(C)cc2)c2ccc(o2)C(c2ccc(C)cc2)=c2ccc=4[nH]2)cc1. The summed E-state index contributed by atoms with van der Waals surface area (Å²) in [5.41, 5.74) is 12.0. The molecule has 14 heterocycles. The van der Waals surface area contributed by atoms with Gasteiger partial charge in [-0.2, -0.15) is 0 Å². The van der Waals surface area contributed by atoms with E-state index in [-0.39, 0.29) is 44.2 Å². The van der Waals surface area contributed by atoms with Crippen LogP contribution >= 0.6 is 0 Å². The van der Waals surface area contributed by atoms with E-state index in [1.165, 1.54) is 0 Å². The number of aromatic nitrogens is 6. The highest BCUT2D eigenvalue weighted by Gasteiger charge is 2.57. The third-order valence-corrected chi connectivity index (χ3v) is 18.7. The van der Waals surface area contributed by atoms with Crippen LogP contribution in [0.4, 0.5) is 17.3 Å². The number of benzene rings is 4. The number of nitrogens with one attached hydrogen (secondary N) is 4. The van der Waals surface area contributed by atoms with Crippen molar-refractivity contribution in [1.82, 2.24) is 28.9 Å². The van der Waals surface area contributed by atoms with Crippen LogP contribution in [-0.2, 0) is 0 Å². The second kappa shape index (κ2) is 18.6. The summed E-state index contributed by atoms with van der Waals surface area (Å²) in [6.07, 6.45) is 6.82. The van der Waals surface area contributed by atoms with Crippen LogP contribution in [0.2, 0.25) is 0 Å². The molecule has 16 bridgehead atoms. The Bertz CT molecular complexity index is 5740. The number of aromatic amines is 4. The zero-order valence-corrected chi connectivity index (χ0v) is 49.1. The van der Waals surface area contributed by atoms with E-state index in [4.69, 9.17) is 8.83 Å². The Morgan fingerprint density at radius 2 is 0.556 bits per heavy atom. The lowest BCUT2D eigenvalue weighted by Crippen LogP contribution is -2.59. The van der Waals surface area contributed by atoms with Gasteiger partial charge in [-0.1, -0.05) is 119 Å². The maximum atomic E-state index is 19.0. The summed E-state index contributed by atoms with van der Waals surface area (Å²) in [6.45, 7) is -1.41. The first-order valence-electron chi connectivity index (χ1n) is 30.2. The summed E-state index contributed by atoms with van der Waals surface area (Å²) in [4.78, 5) is 14.3. The highest BCUT2D eigenvalue weighted by atomic mass is 19.3. The number of fused-ring (bicyclic) bond motifs is 12. The van der Waals surface area contributed by atoms with Crippen molar-refractivity contribution < 1.29 is 35.1 Å². The lowest BCUT2D eigenvalue weighted by atomic mass is 9.83. The van der Waals surface area contributed by atoms with Gasteiger partial charge in [0.05, 0.1) is 43.2 Å². The van der Waals surface area contributed by atoms with E-state index < -0.39 is 13.9 Å². The summed E-state index contributed by atoms with van der Waals surface area (Å²) >= 11 is 0. The van der Waals surface area contributed by atoms with Gasteiger partial charge in [0.25, 0.3) is 0 Å². The van der Waals surface area contributed by atoms with Gasteiger partial charge in [-0.3, -0.25) is 0 Å². The van der Waals surface area contributed by atoms with Crippen LogP contribution < -0.4 is 42.8 Å². The fourth-order valence-electron chi connectivity index (χ4n) is 14.4. The smallest absolute Gasteiger partial charge is 0.456 e. The van der Waals surface area contributed by atoms with Crippen molar-refractivity contribution in [2.45, 2.75) is 27.7 Å². The van der Waals surface area contributed by atoms with Gasteiger partial charge in [0.1, 0.15) is 33.7 Å². The van der Waals surface area contributed by atoms with Gasteiger partial charge in [-0.25, -0.2) is 0 Å². The van der Waals surface area contributed by atoms with Crippen molar-refractivity contribution in [1.29, 1.82) is 0 Å². The number of aryl methyl sites for hydroxylation is 4. The van der Waals surface area contributed by atoms with Crippen molar-refractivity contribution in [2.75, 3.05) is 0 Å². The number of hydrogen-bond acceptors (Lipinski definition) is 2. The maximum absolute atomic E-state index is 19.0.